The summed E-state index contributed by atoms with van der Waals surface area (Å²) in [6.07, 6.45) is 2.54. The van der Waals surface area contributed by atoms with Crippen LogP contribution in [0.5, 0.6) is 11.5 Å². The largest absolute Gasteiger partial charge is 0.486 e. The van der Waals surface area contributed by atoms with E-state index < -0.39 is 0 Å². The van der Waals surface area contributed by atoms with Crippen LogP contribution in [-0.4, -0.2) is 37.2 Å². The van der Waals surface area contributed by atoms with Crippen molar-refractivity contribution in [3.05, 3.63) is 23.8 Å². The summed E-state index contributed by atoms with van der Waals surface area (Å²) in [6, 6.07) is 7.15. The first-order valence-electron chi connectivity index (χ1n) is 8.06. The number of hydrogen-bond donors (Lipinski definition) is 1. The van der Waals surface area contributed by atoms with Gasteiger partial charge < -0.3 is 15.2 Å². The van der Waals surface area contributed by atoms with Gasteiger partial charge in [0.25, 0.3) is 0 Å². The lowest BCUT2D eigenvalue weighted by Gasteiger charge is -2.43. The van der Waals surface area contributed by atoms with Crippen LogP contribution in [0.3, 0.4) is 0 Å². The third-order valence-electron chi connectivity index (χ3n) is 4.95. The predicted octanol–water partition coefficient (Wildman–Crippen LogP) is 2.58. The molecular formula is C17H26N2O2. The molecule has 1 aromatic carbocycles. The topological polar surface area (TPSA) is 47.7 Å². The van der Waals surface area contributed by atoms with Crippen molar-refractivity contribution >= 4 is 0 Å². The number of benzene rings is 1. The summed E-state index contributed by atoms with van der Waals surface area (Å²) in [5.74, 6) is 2.41. The van der Waals surface area contributed by atoms with E-state index in [-0.39, 0.29) is 0 Å². The second-order valence-electron chi connectivity index (χ2n) is 6.24. The zero-order valence-electron chi connectivity index (χ0n) is 13.0. The van der Waals surface area contributed by atoms with Gasteiger partial charge in [-0.3, -0.25) is 4.90 Å². The Kier molecular flexibility index (Phi) is 4.36. The van der Waals surface area contributed by atoms with Crippen LogP contribution in [0.4, 0.5) is 0 Å². The minimum Gasteiger partial charge on any atom is -0.486 e. The molecule has 1 saturated heterocycles. The Labute approximate surface area is 127 Å². The van der Waals surface area contributed by atoms with Crippen molar-refractivity contribution < 1.29 is 9.47 Å². The van der Waals surface area contributed by atoms with E-state index in [4.69, 9.17) is 15.2 Å². The molecule has 2 N–H and O–H groups in total. The molecule has 1 aromatic rings. The third kappa shape index (κ3) is 2.87. The second kappa shape index (κ2) is 6.24. The highest BCUT2D eigenvalue weighted by atomic mass is 16.6. The number of piperidine rings is 1. The average molecular weight is 290 g/mol. The maximum absolute atomic E-state index is 6.02. The van der Waals surface area contributed by atoms with E-state index in [9.17, 15) is 0 Å². The quantitative estimate of drug-likeness (QED) is 0.929. The molecule has 2 heterocycles. The minimum atomic E-state index is 0.358. The molecule has 0 amide bonds. The Morgan fingerprint density at radius 1 is 1.29 bits per heavy atom. The zero-order valence-corrected chi connectivity index (χ0v) is 13.0. The fraction of sp³-hybridized carbons (Fsp3) is 0.647. The third-order valence-corrected chi connectivity index (χ3v) is 4.95. The number of likely N-dealkylation sites (tertiary alicyclic amines) is 1. The fourth-order valence-electron chi connectivity index (χ4n) is 3.64. The van der Waals surface area contributed by atoms with E-state index in [0.29, 0.717) is 31.2 Å². The maximum atomic E-state index is 6.02. The molecule has 2 aliphatic heterocycles. The van der Waals surface area contributed by atoms with E-state index in [0.717, 1.165) is 24.6 Å². The van der Waals surface area contributed by atoms with E-state index in [1.165, 1.54) is 18.4 Å². The average Bonchev–Trinajstić information content (AvgIpc) is 2.53. The van der Waals surface area contributed by atoms with Gasteiger partial charge in [0, 0.05) is 18.6 Å². The Balaban J connectivity index is 1.82. The summed E-state index contributed by atoms with van der Waals surface area (Å²) in [5.41, 5.74) is 7.31. The molecule has 3 rings (SSSR count). The van der Waals surface area contributed by atoms with Crippen molar-refractivity contribution in [2.24, 2.45) is 11.7 Å². The van der Waals surface area contributed by atoms with Gasteiger partial charge in [-0.2, -0.15) is 0 Å². The minimum absolute atomic E-state index is 0.358. The summed E-state index contributed by atoms with van der Waals surface area (Å²) < 4.78 is 11.3. The van der Waals surface area contributed by atoms with E-state index in [1.54, 1.807) is 0 Å². The predicted molar refractivity (Wildman–Crippen MR) is 83.8 cm³/mol. The second-order valence-corrected chi connectivity index (χ2v) is 6.24. The van der Waals surface area contributed by atoms with Gasteiger partial charge in [-0.1, -0.05) is 13.0 Å². The van der Waals surface area contributed by atoms with Gasteiger partial charge in [0.2, 0.25) is 0 Å². The Hall–Kier alpha value is -1.26. The highest BCUT2D eigenvalue weighted by molar-refractivity contribution is 5.44. The van der Waals surface area contributed by atoms with Crippen LogP contribution in [0.2, 0.25) is 0 Å². The summed E-state index contributed by atoms with van der Waals surface area (Å²) in [6.45, 7) is 7.72. The van der Waals surface area contributed by atoms with E-state index in [2.05, 4.69) is 30.9 Å². The number of nitrogens with two attached hydrogens (primary N) is 1. The first-order chi connectivity index (χ1) is 10.2. The smallest absolute Gasteiger partial charge is 0.161 e. The lowest BCUT2D eigenvalue weighted by molar-refractivity contribution is 0.0686. The lowest BCUT2D eigenvalue weighted by atomic mass is 9.88. The normalized spacial score (nSPS) is 27.4. The van der Waals surface area contributed by atoms with Crippen LogP contribution in [-0.2, 0) is 0 Å². The monoisotopic (exact) mass is 290 g/mol. The number of ether oxygens (including phenoxy) is 2. The highest BCUT2D eigenvalue weighted by Gasteiger charge is 2.31. The molecule has 2 aliphatic rings. The highest BCUT2D eigenvalue weighted by Crippen LogP contribution is 2.36. The standard InChI is InChI=1S/C17H26N2O2/c1-12-4-3-7-19(15(12)11-18)13(2)14-5-6-16-17(10-14)21-9-8-20-16/h5-6,10,12-13,15H,3-4,7-9,11,18H2,1-2H3. The summed E-state index contributed by atoms with van der Waals surface area (Å²) in [5, 5.41) is 0. The van der Waals surface area contributed by atoms with Crippen LogP contribution < -0.4 is 15.2 Å². The molecule has 0 aliphatic carbocycles. The fourth-order valence-corrected chi connectivity index (χ4v) is 3.64. The van der Waals surface area contributed by atoms with Gasteiger partial charge in [0.15, 0.2) is 11.5 Å². The number of nitrogens with zero attached hydrogens (tertiary/aromatic N) is 1. The van der Waals surface area contributed by atoms with Gasteiger partial charge in [-0.05, 0) is 49.9 Å². The molecule has 0 saturated carbocycles. The number of hydrogen-bond acceptors (Lipinski definition) is 4. The molecule has 0 spiro atoms. The van der Waals surface area contributed by atoms with Crippen molar-refractivity contribution in [3.8, 4) is 11.5 Å². The van der Waals surface area contributed by atoms with Gasteiger partial charge in [0.05, 0.1) is 0 Å². The Bertz CT molecular complexity index is 492. The Morgan fingerprint density at radius 2 is 2.05 bits per heavy atom. The van der Waals surface area contributed by atoms with Gasteiger partial charge in [0.1, 0.15) is 13.2 Å². The first-order valence-corrected chi connectivity index (χ1v) is 8.06. The van der Waals surface area contributed by atoms with Gasteiger partial charge in [-0.25, -0.2) is 0 Å². The molecule has 3 unspecified atom stereocenters. The van der Waals surface area contributed by atoms with Crippen LogP contribution >= 0.6 is 0 Å². The molecule has 0 bridgehead atoms. The Morgan fingerprint density at radius 3 is 2.81 bits per heavy atom. The zero-order chi connectivity index (χ0) is 14.8. The van der Waals surface area contributed by atoms with Crippen LogP contribution in [0, 0.1) is 5.92 Å². The van der Waals surface area contributed by atoms with Crippen molar-refractivity contribution in [2.45, 2.75) is 38.8 Å². The number of rotatable bonds is 3. The van der Waals surface area contributed by atoms with Crippen LogP contribution in [0.15, 0.2) is 18.2 Å². The van der Waals surface area contributed by atoms with E-state index >= 15 is 0 Å². The van der Waals surface area contributed by atoms with Gasteiger partial charge in [-0.15, -0.1) is 0 Å². The molecule has 0 radical (unpaired) electrons. The lowest BCUT2D eigenvalue weighted by Crippen LogP contribution is -2.49. The molecule has 3 atom stereocenters. The first kappa shape index (κ1) is 14.7. The molecule has 21 heavy (non-hydrogen) atoms. The van der Waals surface area contributed by atoms with Crippen molar-refractivity contribution in [2.75, 3.05) is 26.3 Å². The summed E-state index contributed by atoms with van der Waals surface area (Å²) in [7, 11) is 0. The molecule has 1 fully saturated rings. The number of fused-ring (bicyclic) bond motifs is 1. The molecule has 0 aromatic heterocycles. The van der Waals surface area contributed by atoms with Crippen LogP contribution in [0.25, 0.3) is 0 Å². The van der Waals surface area contributed by atoms with Crippen molar-refractivity contribution in [1.29, 1.82) is 0 Å². The summed E-state index contributed by atoms with van der Waals surface area (Å²) >= 11 is 0. The van der Waals surface area contributed by atoms with Crippen LogP contribution in [0.1, 0.15) is 38.3 Å². The molecular weight excluding hydrogens is 264 g/mol. The molecule has 116 valence electrons. The van der Waals surface area contributed by atoms with E-state index in [1.807, 2.05) is 6.07 Å². The maximum Gasteiger partial charge on any atom is 0.161 e. The molecule has 4 nitrogen and oxygen atoms in total. The van der Waals surface area contributed by atoms with Crippen molar-refractivity contribution in [1.82, 2.24) is 4.90 Å². The van der Waals surface area contributed by atoms with Crippen molar-refractivity contribution in [3.63, 3.8) is 0 Å². The SMILES string of the molecule is CC1CCCN(C(C)c2ccc3c(c2)OCCO3)C1CN. The van der Waals surface area contributed by atoms with Gasteiger partial charge >= 0.3 is 0 Å². The summed E-state index contributed by atoms with van der Waals surface area (Å²) in [4.78, 5) is 2.56. The molecule has 4 heteroatoms.